The number of sulfone groups is 1. The van der Waals surface area contributed by atoms with Gasteiger partial charge in [-0.15, -0.1) is 0 Å². The Morgan fingerprint density at radius 1 is 1.12 bits per heavy atom. The van der Waals surface area contributed by atoms with Crippen molar-refractivity contribution in [2.24, 2.45) is 0 Å². The third-order valence-electron chi connectivity index (χ3n) is 3.12. The van der Waals surface area contributed by atoms with Crippen LogP contribution in [0.2, 0.25) is 10.0 Å². The smallest absolute Gasteiger partial charge is 0.239 e. The van der Waals surface area contributed by atoms with Gasteiger partial charge in [0.1, 0.15) is 11.5 Å². The van der Waals surface area contributed by atoms with E-state index in [0.29, 0.717) is 22.0 Å². The van der Waals surface area contributed by atoms with Gasteiger partial charge in [0.25, 0.3) is 0 Å². The largest absolute Gasteiger partial charge is 0.497 e. The molecule has 1 amide bonds. The van der Waals surface area contributed by atoms with E-state index in [-0.39, 0.29) is 10.8 Å². The van der Waals surface area contributed by atoms with E-state index in [1.807, 2.05) is 0 Å². The lowest BCUT2D eigenvalue weighted by Gasteiger charge is -2.08. The fourth-order valence-electron chi connectivity index (χ4n) is 2.00. The Hall–Kier alpha value is -1.76. The Kier molecular flexibility index (Phi) is 6.10. The molecule has 0 atom stereocenters. The molecule has 2 rings (SSSR count). The summed E-state index contributed by atoms with van der Waals surface area (Å²) in [4.78, 5) is 11.9. The summed E-state index contributed by atoms with van der Waals surface area (Å²) in [5, 5.41) is 3.20. The molecule has 0 spiro atoms. The van der Waals surface area contributed by atoms with Crippen molar-refractivity contribution in [3.05, 3.63) is 58.1 Å². The van der Waals surface area contributed by atoms with Crippen LogP contribution in [-0.2, 0) is 20.4 Å². The van der Waals surface area contributed by atoms with Crippen LogP contribution in [0.25, 0.3) is 0 Å². The number of hydrogen-bond acceptors (Lipinski definition) is 4. The van der Waals surface area contributed by atoms with Gasteiger partial charge in [0.15, 0.2) is 9.84 Å². The highest BCUT2D eigenvalue weighted by Crippen LogP contribution is 2.23. The second kappa shape index (κ2) is 7.88. The van der Waals surface area contributed by atoms with Crippen LogP contribution in [0.4, 0.5) is 5.69 Å². The molecular weight excluding hydrogens is 373 g/mol. The van der Waals surface area contributed by atoms with Gasteiger partial charge in [0, 0.05) is 15.7 Å². The predicted octanol–water partition coefficient (Wildman–Crippen LogP) is 3.56. The predicted molar refractivity (Wildman–Crippen MR) is 95.6 cm³/mol. The molecule has 0 heterocycles. The number of hydrogen-bond donors (Lipinski definition) is 1. The summed E-state index contributed by atoms with van der Waals surface area (Å²) < 4.78 is 29.3. The molecule has 1 N–H and O–H groups in total. The maximum Gasteiger partial charge on any atom is 0.239 e. The Morgan fingerprint density at radius 3 is 2.38 bits per heavy atom. The van der Waals surface area contributed by atoms with E-state index in [2.05, 4.69) is 5.32 Å². The molecule has 0 radical (unpaired) electrons. The van der Waals surface area contributed by atoms with Crippen LogP contribution in [0, 0.1) is 0 Å². The third-order valence-corrected chi connectivity index (χ3v) is 5.16. The van der Waals surface area contributed by atoms with Crippen molar-refractivity contribution < 1.29 is 17.9 Å². The SMILES string of the molecule is COc1ccc(NC(=O)CS(=O)(=O)Cc2ccc(Cl)cc2Cl)cc1. The summed E-state index contributed by atoms with van der Waals surface area (Å²) in [6, 6.07) is 11.1. The summed E-state index contributed by atoms with van der Waals surface area (Å²) in [6.07, 6.45) is 0. The molecule has 0 aliphatic carbocycles. The number of benzene rings is 2. The molecular formula is C16H15Cl2NO4S. The lowest BCUT2D eigenvalue weighted by atomic mass is 10.2. The van der Waals surface area contributed by atoms with Gasteiger partial charge in [-0.3, -0.25) is 4.79 Å². The first-order valence-corrected chi connectivity index (χ1v) is 9.45. The van der Waals surface area contributed by atoms with E-state index in [0.717, 1.165) is 0 Å². The number of carbonyl (C=O) groups excluding carboxylic acids is 1. The Bertz CT molecular complexity index is 836. The minimum atomic E-state index is -3.67. The van der Waals surface area contributed by atoms with Crippen molar-refractivity contribution in [3.63, 3.8) is 0 Å². The first-order valence-electron chi connectivity index (χ1n) is 6.87. The number of nitrogens with one attached hydrogen (secondary N) is 1. The monoisotopic (exact) mass is 387 g/mol. The molecule has 8 heteroatoms. The quantitative estimate of drug-likeness (QED) is 0.822. The maximum absolute atomic E-state index is 12.2. The molecule has 0 aliphatic rings. The summed E-state index contributed by atoms with van der Waals surface area (Å²) in [5.74, 6) is -0.958. The molecule has 0 bridgehead atoms. The number of carbonyl (C=O) groups is 1. The highest BCUT2D eigenvalue weighted by molar-refractivity contribution is 7.91. The summed E-state index contributed by atoms with van der Waals surface area (Å²) in [6.45, 7) is 0. The first kappa shape index (κ1) is 18.6. The molecule has 128 valence electrons. The molecule has 2 aromatic rings. The van der Waals surface area contributed by atoms with Crippen molar-refractivity contribution in [2.45, 2.75) is 5.75 Å². The number of anilines is 1. The van der Waals surface area contributed by atoms with E-state index in [1.165, 1.54) is 19.2 Å². The van der Waals surface area contributed by atoms with Crippen molar-refractivity contribution in [2.75, 3.05) is 18.2 Å². The average molecular weight is 388 g/mol. The highest BCUT2D eigenvalue weighted by atomic mass is 35.5. The Balaban J connectivity index is 2.00. The average Bonchev–Trinajstić information content (AvgIpc) is 2.50. The van der Waals surface area contributed by atoms with Crippen LogP contribution >= 0.6 is 23.2 Å². The third kappa shape index (κ3) is 5.40. The first-order chi connectivity index (χ1) is 11.3. The van der Waals surface area contributed by atoms with E-state index in [9.17, 15) is 13.2 Å². The molecule has 2 aromatic carbocycles. The highest BCUT2D eigenvalue weighted by Gasteiger charge is 2.19. The van der Waals surface area contributed by atoms with Gasteiger partial charge in [-0.2, -0.15) is 0 Å². The summed E-state index contributed by atoms with van der Waals surface area (Å²) in [7, 11) is -2.14. The number of methoxy groups -OCH3 is 1. The number of amides is 1. The van der Waals surface area contributed by atoms with Gasteiger partial charge in [-0.1, -0.05) is 29.3 Å². The second-order valence-corrected chi connectivity index (χ2v) is 7.95. The van der Waals surface area contributed by atoms with Gasteiger partial charge in [0.2, 0.25) is 5.91 Å². The molecule has 24 heavy (non-hydrogen) atoms. The van der Waals surface area contributed by atoms with Crippen molar-refractivity contribution in [3.8, 4) is 5.75 Å². The van der Waals surface area contributed by atoms with Crippen LogP contribution in [0.1, 0.15) is 5.56 Å². The fourth-order valence-corrected chi connectivity index (χ4v) is 3.85. The zero-order chi connectivity index (χ0) is 17.7. The normalized spacial score (nSPS) is 11.1. The van der Waals surface area contributed by atoms with Crippen LogP contribution < -0.4 is 10.1 Å². The van der Waals surface area contributed by atoms with Gasteiger partial charge < -0.3 is 10.1 Å². The van der Waals surface area contributed by atoms with Crippen LogP contribution in [-0.4, -0.2) is 27.2 Å². The maximum atomic E-state index is 12.2. The lowest BCUT2D eigenvalue weighted by Crippen LogP contribution is -2.24. The van der Waals surface area contributed by atoms with E-state index in [4.69, 9.17) is 27.9 Å². The molecule has 0 fully saturated rings. The topological polar surface area (TPSA) is 72.5 Å². The second-order valence-electron chi connectivity index (χ2n) is 5.04. The van der Waals surface area contributed by atoms with E-state index in [1.54, 1.807) is 30.3 Å². The number of ether oxygens (including phenoxy) is 1. The number of halogens is 2. The molecule has 5 nitrogen and oxygen atoms in total. The molecule has 0 saturated heterocycles. The molecule has 0 aromatic heterocycles. The lowest BCUT2D eigenvalue weighted by molar-refractivity contribution is -0.113. The molecule has 0 saturated carbocycles. The van der Waals surface area contributed by atoms with E-state index < -0.39 is 21.5 Å². The zero-order valence-corrected chi connectivity index (χ0v) is 15.1. The van der Waals surface area contributed by atoms with E-state index >= 15 is 0 Å². The van der Waals surface area contributed by atoms with Gasteiger partial charge >= 0.3 is 0 Å². The minimum Gasteiger partial charge on any atom is -0.497 e. The molecule has 0 unspecified atom stereocenters. The van der Waals surface area contributed by atoms with Crippen molar-refractivity contribution in [1.29, 1.82) is 0 Å². The van der Waals surface area contributed by atoms with Crippen molar-refractivity contribution in [1.82, 2.24) is 0 Å². The fraction of sp³-hybridized carbons (Fsp3) is 0.188. The van der Waals surface area contributed by atoms with Gasteiger partial charge in [-0.25, -0.2) is 8.42 Å². The summed E-state index contributed by atoms with van der Waals surface area (Å²) >= 11 is 11.7. The summed E-state index contributed by atoms with van der Waals surface area (Å²) in [5.41, 5.74) is 0.888. The van der Waals surface area contributed by atoms with Gasteiger partial charge in [-0.05, 0) is 42.0 Å². The van der Waals surface area contributed by atoms with Crippen molar-refractivity contribution >= 4 is 44.6 Å². The number of rotatable bonds is 6. The minimum absolute atomic E-state index is 0.252. The Labute approximate surface area is 150 Å². The van der Waals surface area contributed by atoms with Gasteiger partial charge in [0.05, 0.1) is 12.9 Å². The van der Waals surface area contributed by atoms with Crippen LogP contribution in [0.5, 0.6) is 5.75 Å². The van der Waals surface area contributed by atoms with Crippen LogP contribution in [0.15, 0.2) is 42.5 Å². The Morgan fingerprint density at radius 2 is 1.79 bits per heavy atom. The zero-order valence-electron chi connectivity index (χ0n) is 12.8. The standard InChI is InChI=1S/C16H15Cl2NO4S/c1-23-14-6-4-13(5-7-14)19-16(20)10-24(21,22)9-11-2-3-12(17)8-15(11)18/h2-8H,9-10H2,1H3,(H,19,20). The molecule has 0 aliphatic heterocycles. The van der Waals surface area contributed by atoms with Crippen LogP contribution in [0.3, 0.4) is 0 Å².